The van der Waals surface area contributed by atoms with Crippen LogP contribution in [-0.2, 0) is 0 Å². The van der Waals surface area contributed by atoms with Gasteiger partial charge in [-0.3, -0.25) is 4.79 Å². The van der Waals surface area contributed by atoms with Crippen molar-refractivity contribution in [1.29, 1.82) is 0 Å². The number of nitrogens with zero attached hydrogens (tertiary/aromatic N) is 1. The molecule has 1 aliphatic rings. The summed E-state index contributed by atoms with van der Waals surface area (Å²) < 4.78 is 5.26. The van der Waals surface area contributed by atoms with Crippen LogP contribution < -0.4 is 10.5 Å². The van der Waals surface area contributed by atoms with Crippen molar-refractivity contribution < 1.29 is 9.53 Å². The number of Topliss-reactive ketones (excluding diaryl/α,β-unsaturated/α-hetero) is 1. The van der Waals surface area contributed by atoms with E-state index in [1.807, 2.05) is 0 Å². The van der Waals surface area contributed by atoms with E-state index in [1.54, 1.807) is 19.2 Å². The van der Waals surface area contributed by atoms with Gasteiger partial charge < -0.3 is 15.4 Å². The average Bonchev–Trinajstić information content (AvgIpc) is 2.61. The lowest BCUT2D eigenvalue weighted by molar-refractivity contribution is 0.0973. The SMILES string of the molecule is CCC1CCN(CCCCC(=O)c2cc(Cl)c(N)cc2OC)CC1. The zero-order chi connectivity index (χ0) is 17.5. The molecule has 0 unspecified atom stereocenters. The Balaban J connectivity index is 1.77. The zero-order valence-electron chi connectivity index (χ0n) is 14.8. The molecule has 0 saturated carbocycles. The highest BCUT2D eigenvalue weighted by atomic mass is 35.5. The van der Waals surface area contributed by atoms with Crippen molar-refractivity contribution in [2.45, 2.75) is 45.4 Å². The molecule has 0 aliphatic carbocycles. The summed E-state index contributed by atoms with van der Waals surface area (Å²) in [5, 5.41) is 0.401. The highest BCUT2D eigenvalue weighted by molar-refractivity contribution is 6.33. The number of carbonyl (C=O) groups is 1. The second kappa shape index (κ2) is 9.28. The summed E-state index contributed by atoms with van der Waals surface area (Å²) in [6, 6.07) is 3.24. The first kappa shape index (κ1) is 19.1. The quantitative estimate of drug-likeness (QED) is 0.428. The molecule has 2 rings (SSSR count). The van der Waals surface area contributed by atoms with E-state index < -0.39 is 0 Å². The standard InChI is InChI=1S/C19H29ClN2O2/c1-3-14-7-10-22(11-8-14)9-5-4-6-18(23)15-12-16(20)17(21)13-19(15)24-2/h12-14H,3-11,21H2,1-2H3. The molecule has 1 aliphatic heterocycles. The number of halogens is 1. The molecule has 1 fully saturated rings. The molecule has 4 nitrogen and oxygen atoms in total. The summed E-state index contributed by atoms with van der Waals surface area (Å²) in [5.41, 5.74) is 6.72. The maximum atomic E-state index is 12.4. The minimum Gasteiger partial charge on any atom is -0.496 e. The number of ketones is 1. The second-order valence-electron chi connectivity index (χ2n) is 6.65. The maximum Gasteiger partial charge on any atom is 0.166 e. The molecule has 1 aromatic rings. The van der Waals surface area contributed by atoms with E-state index in [1.165, 1.54) is 32.4 Å². The van der Waals surface area contributed by atoms with Crippen LogP contribution in [0.15, 0.2) is 12.1 Å². The number of nitrogens with two attached hydrogens (primary N) is 1. The summed E-state index contributed by atoms with van der Waals surface area (Å²) >= 11 is 6.03. The molecule has 1 saturated heterocycles. The Labute approximate surface area is 150 Å². The van der Waals surface area contributed by atoms with E-state index in [0.717, 1.165) is 25.3 Å². The van der Waals surface area contributed by atoms with Gasteiger partial charge >= 0.3 is 0 Å². The Hall–Kier alpha value is -1.26. The summed E-state index contributed by atoms with van der Waals surface area (Å²) in [6.07, 6.45) is 6.38. The third-order valence-corrected chi connectivity index (χ3v) is 5.36. The number of hydrogen-bond acceptors (Lipinski definition) is 4. The second-order valence-corrected chi connectivity index (χ2v) is 7.05. The molecule has 0 spiro atoms. The number of hydrogen-bond donors (Lipinski definition) is 1. The van der Waals surface area contributed by atoms with E-state index in [4.69, 9.17) is 22.1 Å². The van der Waals surface area contributed by atoms with Crippen LogP contribution in [0.2, 0.25) is 5.02 Å². The van der Waals surface area contributed by atoms with Crippen molar-refractivity contribution >= 4 is 23.1 Å². The van der Waals surface area contributed by atoms with Gasteiger partial charge in [-0.2, -0.15) is 0 Å². The number of benzene rings is 1. The fourth-order valence-corrected chi connectivity index (χ4v) is 3.49. The summed E-state index contributed by atoms with van der Waals surface area (Å²) in [4.78, 5) is 15.0. The largest absolute Gasteiger partial charge is 0.496 e. The lowest BCUT2D eigenvalue weighted by Gasteiger charge is -2.31. The lowest BCUT2D eigenvalue weighted by atomic mass is 9.94. The van der Waals surface area contributed by atoms with Crippen LogP contribution in [0.1, 0.15) is 55.8 Å². The Morgan fingerprint density at radius 2 is 2.04 bits per heavy atom. The minimum absolute atomic E-state index is 0.0680. The summed E-state index contributed by atoms with van der Waals surface area (Å²) in [6.45, 7) is 5.77. The number of anilines is 1. The van der Waals surface area contributed by atoms with E-state index in [-0.39, 0.29) is 5.78 Å². The van der Waals surface area contributed by atoms with Gasteiger partial charge in [-0.1, -0.05) is 24.9 Å². The van der Waals surface area contributed by atoms with Crippen molar-refractivity contribution in [2.75, 3.05) is 32.5 Å². The average molecular weight is 353 g/mol. The predicted octanol–water partition coefficient (Wildman–Crippen LogP) is 4.41. The van der Waals surface area contributed by atoms with E-state index in [2.05, 4.69) is 11.8 Å². The molecule has 0 amide bonds. The van der Waals surface area contributed by atoms with Crippen LogP contribution in [-0.4, -0.2) is 37.4 Å². The molecule has 134 valence electrons. The zero-order valence-corrected chi connectivity index (χ0v) is 15.6. The van der Waals surface area contributed by atoms with Crippen molar-refractivity contribution in [3.05, 3.63) is 22.7 Å². The number of unbranched alkanes of at least 4 members (excludes halogenated alkanes) is 1. The normalized spacial score (nSPS) is 16.3. The van der Waals surface area contributed by atoms with Gasteiger partial charge in [0.2, 0.25) is 0 Å². The molecule has 0 atom stereocenters. The molecule has 0 aromatic heterocycles. The number of nitrogen functional groups attached to an aromatic ring is 1. The lowest BCUT2D eigenvalue weighted by Crippen LogP contribution is -2.34. The summed E-state index contributed by atoms with van der Waals surface area (Å²) in [5.74, 6) is 1.48. The predicted molar refractivity (Wildman–Crippen MR) is 100 cm³/mol. The van der Waals surface area contributed by atoms with Crippen LogP contribution in [0.25, 0.3) is 0 Å². The number of piperidine rings is 1. The Kier molecular flexibility index (Phi) is 7.38. The van der Waals surface area contributed by atoms with Gasteiger partial charge in [0.25, 0.3) is 0 Å². The number of likely N-dealkylation sites (tertiary alicyclic amines) is 1. The fourth-order valence-electron chi connectivity index (χ4n) is 3.33. The van der Waals surface area contributed by atoms with Crippen molar-refractivity contribution in [2.24, 2.45) is 5.92 Å². The van der Waals surface area contributed by atoms with Gasteiger partial charge in [0.1, 0.15) is 5.75 Å². The molecule has 1 aromatic carbocycles. The molecule has 2 N–H and O–H groups in total. The van der Waals surface area contributed by atoms with E-state index in [0.29, 0.717) is 28.4 Å². The highest BCUT2D eigenvalue weighted by Crippen LogP contribution is 2.30. The molecule has 24 heavy (non-hydrogen) atoms. The van der Waals surface area contributed by atoms with Crippen molar-refractivity contribution in [3.63, 3.8) is 0 Å². The highest BCUT2D eigenvalue weighted by Gasteiger charge is 2.18. The van der Waals surface area contributed by atoms with Gasteiger partial charge in [0, 0.05) is 12.5 Å². The fraction of sp³-hybridized carbons (Fsp3) is 0.632. The van der Waals surface area contributed by atoms with Gasteiger partial charge in [-0.05, 0) is 57.3 Å². The number of ether oxygens (including phenoxy) is 1. The third kappa shape index (κ3) is 5.12. The monoisotopic (exact) mass is 352 g/mol. The van der Waals surface area contributed by atoms with Gasteiger partial charge in [-0.15, -0.1) is 0 Å². The minimum atomic E-state index is 0.0680. The molecule has 0 radical (unpaired) electrons. The topological polar surface area (TPSA) is 55.6 Å². The Morgan fingerprint density at radius 3 is 2.67 bits per heavy atom. The van der Waals surface area contributed by atoms with Crippen LogP contribution in [0.3, 0.4) is 0 Å². The first-order valence-electron chi connectivity index (χ1n) is 8.93. The molecular weight excluding hydrogens is 324 g/mol. The third-order valence-electron chi connectivity index (χ3n) is 5.03. The number of carbonyl (C=O) groups excluding carboxylic acids is 1. The van der Waals surface area contributed by atoms with Crippen LogP contribution in [0.5, 0.6) is 5.75 Å². The van der Waals surface area contributed by atoms with Crippen LogP contribution in [0, 0.1) is 5.92 Å². The van der Waals surface area contributed by atoms with Crippen LogP contribution in [0.4, 0.5) is 5.69 Å². The maximum absolute atomic E-state index is 12.4. The van der Waals surface area contributed by atoms with Gasteiger partial charge in [-0.25, -0.2) is 0 Å². The first-order chi connectivity index (χ1) is 11.5. The summed E-state index contributed by atoms with van der Waals surface area (Å²) in [7, 11) is 1.54. The smallest absolute Gasteiger partial charge is 0.166 e. The Bertz CT molecular complexity index is 555. The first-order valence-corrected chi connectivity index (χ1v) is 9.31. The number of methoxy groups -OCH3 is 1. The van der Waals surface area contributed by atoms with Gasteiger partial charge in [0.15, 0.2) is 5.78 Å². The molecular formula is C19H29ClN2O2. The van der Waals surface area contributed by atoms with Gasteiger partial charge in [0.05, 0.1) is 23.4 Å². The van der Waals surface area contributed by atoms with E-state index in [9.17, 15) is 4.79 Å². The van der Waals surface area contributed by atoms with E-state index >= 15 is 0 Å². The Morgan fingerprint density at radius 1 is 1.33 bits per heavy atom. The van der Waals surface area contributed by atoms with Crippen molar-refractivity contribution in [3.8, 4) is 5.75 Å². The number of rotatable bonds is 8. The molecule has 0 bridgehead atoms. The molecule has 1 heterocycles. The molecule has 5 heteroatoms. The van der Waals surface area contributed by atoms with Crippen LogP contribution >= 0.6 is 11.6 Å². The van der Waals surface area contributed by atoms with Crippen molar-refractivity contribution in [1.82, 2.24) is 4.90 Å².